The van der Waals surface area contributed by atoms with Crippen LogP contribution in [0.25, 0.3) is 0 Å². The molecule has 2 aromatic rings. The van der Waals surface area contributed by atoms with E-state index in [2.05, 4.69) is 21.2 Å². The van der Waals surface area contributed by atoms with Crippen LogP contribution < -0.4 is 11.1 Å². The van der Waals surface area contributed by atoms with Crippen molar-refractivity contribution in [1.29, 1.82) is 0 Å². The molecule has 0 fully saturated rings. The van der Waals surface area contributed by atoms with Crippen LogP contribution in [0.3, 0.4) is 0 Å². The number of rotatable bonds is 3. The molecule has 1 unspecified atom stereocenters. The number of benzene rings is 2. The Morgan fingerprint density at radius 3 is 2.74 bits per heavy atom. The van der Waals surface area contributed by atoms with Gasteiger partial charge in [0, 0.05) is 17.1 Å². The Morgan fingerprint density at radius 1 is 1.32 bits per heavy atom. The van der Waals surface area contributed by atoms with E-state index in [4.69, 9.17) is 17.3 Å². The van der Waals surface area contributed by atoms with Crippen molar-refractivity contribution in [2.45, 2.75) is 13.0 Å². The number of nitrogens with two attached hydrogens (primary N) is 1. The average Bonchev–Trinajstić information content (AvgIpc) is 2.36. The van der Waals surface area contributed by atoms with Gasteiger partial charge in [-0.25, -0.2) is 4.39 Å². The number of hydrogen-bond donors (Lipinski definition) is 2. The lowest BCUT2D eigenvalue weighted by Crippen LogP contribution is -2.08. The molecule has 0 saturated carbocycles. The van der Waals surface area contributed by atoms with E-state index in [0.717, 1.165) is 5.56 Å². The first kappa shape index (κ1) is 14.2. The van der Waals surface area contributed by atoms with Gasteiger partial charge in [-0.15, -0.1) is 0 Å². The van der Waals surface area contributed by atoms with E-state index in [9.17, 15) is 4.39 Å². The number of anilines is 2. The third-order valence-corrected chi connectivity index (χ3v) is 3.66. The van der Waals surface area contributed by atoms with E-state index in [-0.39, 0.29) is 11.9 Å². The third-order valence-electron chi connectivity index (χ3n) is 2.81. The summed E-state index contributed by atoms with van der Waals surface area (Å²) in [6.07, 6.45) is 0. The minimum Gasteiger partial charge on any atom is -0.397 e. The zero-order valence-electron chi connectivity index (χ0n) is 10.3. The van der Waals surface area contributed by atoms with Crippen molar-refractivity contribution in [3.05, 3.63) is 57.3 Å². The third kappa shape index (κ3) is 3.39. The molecule has 19 heavy (non-hydrogen) atoms. The molecule has 0 saturated heterocycles. The standard InChI is InChI=1S/C14H13BrClFN2/c1-8(9-3-2-4-10(16)5-9)19-14-7-12(17)11(15)6-13(14)18/h2-8,19H,18H2,1H3. The van der Waals surface area contributed by atoms with Crippen LogP contribution >= 0.6 is 27.5 Å². The molecule has 5 heteroatoms. The van der Waals surface area contributed by atoms with E-state index in [1.165, 1.54) is 6.07 Å². The number of halogens is 3. The molecule has 0 aliphatic carbocycles. The Morgan fingerprint density at radius 2 is 2.05 bits per heavy atom. The van der Waals surface area contributed by atoms with Gasteiger partial charge in [-0.2, -0.15) is 0 Å². The number of nitrogen functional groups attached to an aromatic ring is 1. The van der Waals surface area contributed by atoms with Crippen LogP contribution in [0, 0.1) is 5.82 Å². The molecule has 0 bridgehead atoms. The summed E-state index contributed by atoms with van der Waals surface area (Å²) in [7, 11) is 0. The molecule has 2 aromatic carbocycles. The zero-order chi connectivity index (χ0) is 14.0. The summed E-state index contributed by atoms with van der Waals surface area (Å²) in [5, 5.41) is 3.84. The highest BCUT2D eigenvalue weighted by Gasteiger charge is 2.10. The minimum absolute atomic E-state index is 0.0263. The lowest BCUT2D eigenvalue weighted by Gasteiger charge is -2.18. The van der Waals surface area contributed by atoms with Crippen molar-refractivity contribution in [3.63, 3.8) is 0 Å². The topological polar surface area (TPSA) is 38.0 Å². The van der Waals surface area contributed by atoms with Crippen LogP contribution in [0.5, 0.6) is 0 Å². The van der Waals surface area contributed by atoms with Crippen LogP contribution in [0.15, 0.2) is 40.9 Å². The first-order chi connectivity index (χ1) is 8.97. The van der Waals surface area contributed by atoms with Gasteiger partial charge in [-0.3, -0.25) is 0 Å². The molecule has 100 valence electrons. The Balaban J connectivity index is 2.24. The van der Waals surface area contributed by atoms with E-state index >= 15 is 0 Å². The van der Waals surface area contributed by atoms with Gasteiger partial charge in [0.1, 0.15) is 5.82 Å². The summed E-state index contributed by atoms with van der Waals surface area (Å²) >= 11 is 9.05. The normalized spacial score (nSPS) is 12.2. The van der Waals surface area contributed by atoms with Crippen LogP contribution in [0.2, 0.25) is 5.02 Å². The molecule has 2 nitrogen and oxygen atoms in total. The molecule has 3 N–H and O–H groups in total. The second kappa shape index (κ2) is 5.80. The van der Waals surface area contributed by atoms with Crippen molar-refractivity contribution in [2.75, 3.05) is 11.1 Å². The van der Waals surface area contributed by atoms with Crippen LogP contribution in [-0.2, 0) is 0 Å². The van der Waals surface area contributed by atoms with E-state index < -0.39 is 0 Å². The maximum absolute atomic E-state index is 13.5. The van der Waals surface area contributed by atoms with Crippen molar-refractivity contribution in [2.24, 2.45) is 0 Å². The van der Waals surface area contributed by atoms with Crippen LogP contribution in [0.4, 0.5) is 15.8 Å². The number of nitrogens with one attached hydrogen (secondary N) is 1. The Hall–Kier alpha value is -1.26. The second-order valence-electron chi connectivity index (χ2n) is 4.27. The monoisotopic (exact) mass is 342 g/mol. The van der Waals surface area contributed by atoms with Crippen molar-refractivity contribution in [1.82, 2.24) is 0 Å². The molecule has 0 spiro atoms. The highest BCUT2D eigenvalue weighted by atomic mass is 79.9. The first-order valence-electron chi connectivity index (χ1n) is 5.74. The fraction of sp³-hybridized carbons (Fsp3) is 0.143. The Bertz CT molecular complexity index is 604. The molecular weight excluding hydrogens is 331 g/mol. The van der Waals surface area contributed by atoms with Gasteiger partial charge in [0.05, 0.1) is 15.8 Å². The zero-order valence-corrected chi connectivity index (χ0v) is 12.6. The molecule has 0 amide bonds. The predicted molar refractivity (Wildman–Crippen MR) is 82.0 cm³/mol. The highest BCUT2D eigenvalue weighted by molar-refractivity contribution is 9.10. The van der Waals surface area contributed by atoms with Gasteiger partial charge >= 0.3 is 0 Å². The van der Waals surface area contributed by atoms with Gasteiger partial charge in [-0.1, -0.05) is 23.7 Å². The fourth-order valence-corrected chi connectivity index (χ4v) is 2.34. The van der Waals surface area contributed by atoms with E-state index in [1.54, 1.807) is 6.07 Å². The maximum Gasteiger partial charge on any atom is 0.139 e. The summed E-state index contributed by atoms with van der Waals surface area (Å²) in [5.74, 6) is -0.352. The molecule has 0 heterocycles. The quantitative estimate of drug-likeness (QED) is 0.770. The average molecular weight is 344 g/mol. The van der Waals surface area contributed by atoms with Gasteiger partial charge in [0.2, 0.25) is 0 Å². The smallest absolute Gasteiger partial charge is 0.139 e. The van der Waals surface area contributed by atoms with E-state index in [0.29, 0.717) is 20.9 Å². The van der Waals surface area contributed by atoms with Crippen molar-refractivity contribution < 1.29 is 4.39 Å². The van der Waals surface area contributed by atoms with Crippen molar-refractivity contribution in [3.8, 4) is 0 Å². The SMILES string of the molecule is CC(Nc1cc(F)c(Br)cc1N)c1cccc(Cl)c1. The summed E-state index contributed by atoms with van der Waals surface area (Å²) in [5.41, 5.74) is 7.92. The molecule has 0 radical (unpaired) electrons. The summed E-state index contributed by atoms with van der Waals surface area (Å²) in [6.45, 7) is 1.96. The number of hydrogen-bond acceptors (Lipinski definition) is 2. The fourth-order valence-electron chi connectivity index (χ4n) is 1.78. The maximum atomic E-state index is 13.5. The largest absolute Gasteiger partial charge is 0.397 e. The lowest BCUT2D eigenvalue weighted by atomic mass is 10.1. The molecule has 0 aliphatic heterocycles. The van der Waals surface area contributed by atoms with Crippen LogP contribution in [0.1, 0.15) is 18.5 Å². The molecule has 0 aromatic heterocycles. The van der Waals surface area contributed by atoms with Crippen LogP contribution in [-0.4, -0.2) is 0 Å². The van der Waals surface area contributed by atoms with E-state index in [1.807, 2.05) is 31.2 Å². The summed E-state index contributed by atoms with van der Waals surface area (Å²) in [4.78, 5) is 0. The van der Waals surface area contributed by atoms with Gasteiger partial charge < -0.3 is 11.1 Å². The highest BCUT2D eigenvalue weighted by Crippen LogP contribution is 2.29. The van der Waals surface area contributed by atoms with Crippen molar-refractivity contribution >= 4 is 38.9 Å². The summed E-state index contributed by atoms with van der Waals surface area (Å²) in [6, 6.07) is 10.4. The Labute approximate surface area is 124 Å². The van der Waals surface area contributed by atoms with Gasteiger partial charge in [0.15, 0.2) is 0 Å². The molecule has 0 aliphatic rings. The predicted octanol–water partition coefficient (Wildman–Crippen LogP) is 5.00. The summed E-state index contributed by atoms with van der Waals surface area (Å²) < 4.78 is 13.9. The minimum atomic E-state index is -0.352. The molecule has 1 atom stereocenters. The molecule has 2 rings (SSSR count). The second-order valence-corrected chi connectivity index (χ2v) is 5.57. The Kier molecular flexibility index (Phi) is 4.32. The van der Waals surface area contributed by atoms with Gasteiger partial charge in [-0.05, 0) is 46.6 Å². The van der Waals surface area contributed by atoms with Gasteiger partial charge in [0.25, 0.3) is 0 Å². The lowest BCUT2D eigenvalue weighted by molar-refractivity contribution is 0.621. The first-order valence-corrected chi connectivity index (χ1v) is 6.91. The molecular formula is C14H13BrClFN2.